The van der Waals surface area contributed by atoms with Crippen LogP contribution in [0.15, 0.2) is 18.2 Å². The Hall–Kier alpha value is -0.770. The number of nitrogen functional groups attached to an aromatic ring is 1. The normalized spacial score (nSPS) is 20.3. The third-order valence-electron chi connectivity index (χ3n) is 3.95. The van der Waals surface area contributed by atoms with E-state index in [1.807, 2.05) is 12.1 Å². The quantitative estimate of drug-likeness (QED) is 0.843. The van der Waals surface area contributed by atoms with Gasteiger partial charge in [-0.25, -0.2) is 0 Å². The monoisotopic (exact) mass is 281 g/mol. The maximum Gasteiger partial charge on any atom is 0.0638 e. The molecule has 0 aromatic heterocycles. The molecule has 1 fully saturated rings. The van der Waals surface area contributed by atoms with E-state index in [-0.39, 0.29) is 0 Å². The second-order valence-corrected chi connectivity index (χ2v) is 5.88. The number of likely N-dealkylation sites (N-methyl/N-ethyl adjacent to an activating group) is 2. The number of rotatable bonds is 5. The summed E-state index contributed by atoms with van der Waals surface area (Å²) in [5, 5.41) is 0.655. The van der Waals surface area contributed by atoms with Gasteiger partial charge in [0, 0.05) is 19.1 Å². The molecule has 0 aliphatic carbocycles. The van der Waals surface area contributed by atoms with E-state index in [1.165, 1.54) is 24.9 Å². The van der Waals surface area contributed by atoms with E-state index in [1.54, 1.807) is 0 Å². The molecule has 0 radical (unpaired) electrons. The van der Waals surface area contributed by atoms with Crippen LogP contribution in [0, 0.1) is 0 Å². The van der Waals surface area contributed by atoms with E-state index >= 15 is 0 Å². The molecule has 2 N–H and O–H groups in total. The van der Waals surface area contributed by atoms with Crippen molar-refractivity contribution in [2.75, 3.05) is 32.4 Å². The van der Waals surface area contributed by atoms with Crippen molar-refractivity contribution in [3.05, 3.63) is 28.8 Å². The molecule has 1 saturated heterocycles. The lowest BCUT2D eigenvalue weighted by Crippen LogP contribution is -2.38. The van der Waals surface area contributed by atoms with Gasteiger partial charge in [0.2, 0.25) is 0 Å². The fraction of sp³-hybridized carbons (Fsp3) is 0.600. The fourth-order valence-corrected chi connectivity index (χ4v) is 3.13. The van der Waals surface area contributed by atoms with Gasteiger partial charge >= 0.3 is 0 Å². The summed E-state index contributed by atoms with van der Waals surface area (Å²) >= 11 is 6.06. The first-order valence-electron chi connectivity index (χ1n) is 7.06. The lowest BCUT2D eigenvalue weighted by Gasteiger charge is -2.27. The minimum Gasteiger partial charge on any atom is -0.398 e. The molecule has 1 heterocycles. The van der Waals surface area contributed by atoms with Gasteiger partial charge in [0.25, 0.3) is 0 Å². The Morgan fingerprint density at radius 2 is 2.26 bits per heavy atom. The zero-order chi connectivity index (χ0) is 13.8. The minimum absolute atomic E-state index is 0.654. The van der Waals surface area contributed by atoms with Crippen LogP contribution in [-0.4, -0.2) is 42.5 Å². The molecule has 2 rings (SSSR count). The second kappa shape index (κ2) is 6.60. The first kappa shape index (κ1) is 14.6. The Labute approximate surface area is 121 Å². The van der Waals surface area contributed by atoms with Gasteiger partial charge in [-0.05, 0) is 50.7 Å². The molecule has 3 nitrogen and oxygen atoms in total. The van der Waals surface area contributed by atoms with Crippen LogP contribution in [0.1, 0.15) is 25.3 Å². The molecule has 1 aromatic carbocycles. The van der Waals surface area contributed by atoms with E-state index in [4.69, 9.17) is 17.3 Å². The predicted octanol–water partition coefficient (Wildman–Crippen LogP) is 2.84. The maximum atomic E-state index is 6.06. The number of hydrogen-bond acceptors (Lipinski definition) is 3. The molecular weight excluding hydrogens is 258 g/mol. The number of anilines is 1. The Morgan fingerprint density at radius 3 is 2.95 bits per heavy atom. The number of halogens is 1. The molecule has 0 amide bonds. The molecule has 1 aliphatic rings. The third kappa shape index (κ3) is 3.85. The highest BCUT2D eigenvalue weighted by Gasteiger charge is 2.23. The summed E-state index contributed by atoms with van der Waals surface area (Å²) in [6, 6.07) is 6.63. The van der Waals surface area contributed by atoms with E-state index in [0.717, 1.165) is 19.6 Å². The Balaban J connectivity index is 1.90. The Morgan fingerprint density at radius 1 is 1.47 bits per heavy atom. The molecule has 19 heavy (non-hydrogen) atoms. The van der Waals surface area contributed by atoms with Crippen molar-refractivity contribution < 1.29 is 0 Å². The van der Waals surface area contributed by atoms with Gasteiger partial charge in [-0.15, -0.1) is 0 Å². The molecule has 1 unspecified atom stereocenters. The summed E-state index contributed by atoms with van der Waals surface area (Å²) in [6.07, 6.45) is 2.65. The lowest BCUT2D eigenvalue weighted by molar-refractivity contribution is 0.195. The summed E-state index contributed by atoms with van der Waals surface area (Å²) < 4.78 is 0. The largest absolute Gasteiger partial charge is 0.398 e. The zero-order valence-corrected chi connectivity index (χ0v) is 12.7. The van der Waals surface area contributed by atoms with E-state index in [2.05, 4.69) is 29.8 Å². The average molecular weight is 282 g/mol. The molecule has 4 heteroatoms. The van der Waals surface area contributed by atoms with Gasteiger partial charge in [0.15, 0.2) is 0 Å². The van der Waals surface area contributed by atoms with E-state index in [0.29, 0.717) is 16.8 Å². The van der Waals surface area contributed by atoms with Crippen LogP contribution in [0.4, 0.5) is 5.69 Å². The molecule has 0 spiro atoms. The average Bonchev–Trinajstić information content (AvgIpc) is 2.81. The van der Waals surface area contributed by atoms with Gasteiger partial charge in [0.05, 0.1) is 10.7 Å². The fourth-order valence-electron chi connectivity index (χ4n) is 2.92. The third-order valence-corrected chi connectivity index (χ3v) is 4.27. The molecule has 0 bridgehead atoms. The van der Waals surface area contributed by atoms with Crippen molar-refractivity contribution in [3.8, 4) is 0 Å². The molecule has 1 aliphatic heterocycles. The number of likely N-dealkylation sites (tertiary alicyclic amines) is 1. The molecular formula is C15H24ClN3. The Kier molecular flexibility index (Phi) is 5.08. The van der Waals surface area contributed by atoms with Gasteiger partial charge in [-0.2, -0.15) is 0 Å². The van der Waals surface area contributed by atoms with Gasteiger partial charge in [-0.1, -0.05) is 24.6 Å². The van der Waals surface area contributed by atoms with E-state index < -0.39 is 0 Å². The van der Waals surface area contributed by atoms with Gasteiger partial charge in [0.1, 0.15) is 0 Å². The maximum absolute atomic E-state index is 6.06. The van der Waals surface area contributed by atoms with Crippen molar-refractivity contribution in [2.24, 2.45) is 0 Å². The molecule has 1 aromatic rings. The summed E-state index contributed by atoms with van der Waals surface area (Å²) in [7, 11) is 2.18. The smallest absolute Gasteiger partial charge is 0.0638 e. The first-order chi connectivity index (χ1) is 9.10. The molecule has 1 atom stereocenters. The first-order valence-corrected chi connectivity index (χ1v) is 7.44. The number of nitrogens with two attached hydrogens (primary N) is 1. The molecule has 106 valence electrons. The summed E-state index contributed by atoms with van der Waals surface area (Å²) in [6.45, 7) is 6.71. The predicted molar refractivity (Wildman–Crippen MR) is 82.5 cm³/mol. The summed E-state index contributed by atoms with van der Waals surface area (Å²) in [5.41, 5.74) is 7.61. The van der Waals surface area contributed by atoms with Crippen LogP contribution in [0.3, 0.4) is 0 Å². The lowest BCUT2D eigenvalue weighted by atomic mass is 10.1. The Bertz CT molecular complexity index is 422. The highest BCUT2D eigenvalue weighted by atomic mass is 35.5. The van der Waals surface area contributed by atoms with Crippen LogP contribution in [-0.2, 0) is 6.54 Å². The topological polar surface area (TPSA) is 32.5 Å². The summed E-state index contributed by atoms with van der Waals surface area (Å²) in [4.78, 5) is 4.95. The second-order valence-electron chi connectivity index (χ2n) is 5.48. The van der Waals surface area contributed by atoms with Crippen LogP contribution >= 0.6 is 11.6 Å². The van der Waals surface area contributed by atoms with Crippen molar-refractivity contribution in [1.82, 2.24) is 9.80 Å². The van der Waals surface area contributed by atoms with Crippen molar-refractivity contribution in [2.45, 2.75) is 32.4 Å². The SMILES string of the molecule is CCN1CCCC1CN(C)Cc1ccc(N)c(Cl)c1. The zero-order valence-electron chi connectivity index (χ0n) is 11.9. The van der Waals surface area contributed by atoms with Crippen LogP contribution in [0.2, 0.25) is 5.02 Å². The van der Waals surface area contributed by atoms with Crippen molar-refractivity contribution >= 4 is 17.3 Å². The minimum atomic E-state index is 0.654. The highest BCUT2D eigenvalue weighted by molar-refractivity contribution is 6.33. The number of benzene rings is 1. The van der Waals surface area contributed by atoms with E-state index in [9.17, 15) is 0 Å². The van der Waals surface area contributed by atoms with Crippen LogP contribution < -0.4 is 5.73 Å². The number of nitrogens with zero attached hydrogens (tertiary/aromatic N) is 2. The van der Waals surface area contributed by atoms with Crippen LogP contribution in [0.25, 0.3) is 0 Å². The summed E-state index contributed by atoms with van der Waals surface area (Å²) in [5.74, 6) is 0. The molecule has 0 saturated carbocycles. The van der Waals surface area contributed by atoms with Crippen LogP contribution in [0.5, 0.6) is 0 Å². The standard InChI is InChI=1S/C15H24ClN3/c1-3-19-8-4-5-13(19)11-18(2)10-12-6-7-15(17)14(16)9-12/h6-7,9,13H,3-5,8,10-11,17H2,1-2H3. The van der Waals surface area contributed by atoms with Crippen molar-refractivity contribution in [3.63, 3.8) is 0 Å². The van der Waals surface area contributed by atoms with Gasteiger partial charge < -0.3 is 10.6 Å². The van der Waals surface area contributed by atoms with Crippen molar-refractivity contribution in [1.29, 1.82) is 0 Å². The highest BCUT2D eigenvalue weighted by Crippen LogP contribution is 2.21. The van der Waals surface area contributed by atoms with Gasteiger partial charge in [-0.3, -0.25) is 4.90 Å². The number of hydrogen-bond donors (Lipinski definition) is 1.